The van der Waals surface area contributed by atoms with Crippen molar-refractivity contribution in [1.29, 1.82) is 0 Å². The zero-order chi connectivity index (χ0) is 14.0. The Morgan fingerprint density at radius 1 is 1.22 bits per heavy atom. The van der Waals surface area contributed by atoms with E-state index in [1.165, 1.54) is 7.05 Å². The molecule has 0 rings (SSSR count). The SMILES string of the molecule is C=INC(=O)CC(=O)OCCOC(=O)C(=C)NC. The molecule has 2 N–H and O–H groups in total. The molecule has 102 valence electrons. The summed E-state index contributed by atoms with van der Waals surface area (Å²) in [6.07, 6.45) is -0.355. The Kier molecular flexibility index (Phi) is 8.80. The molecule has 0 fully saturated rings. The van der Waals surface area contributed by atoms with Crippen LogP contribution in [0.1, 0.15) is 6.42 Å². The Labute approximate surface area is 115 Å². The summed E-state index contributed by atoms with van der Waals surface area (Å²) in [6.45, 7) is 3.21. The van der Waals surface area contributed by atoms with E-state index in [1.54, 1.807) is 0 Å². The fourth-order valence-electron chi connectivity index (χ4n) is 0.769. The van der Waals surface area contributed by atoms with Crippen molar-refractivity contribution < 1.29 is 23.9 Å². The van der Waals surface area contributed by atoms with Crippen molar-refractivity contribution in [2.75, 3.05) is 20.3 Å². The second-order valence-electron chi connectivity index (χ2n) is 2.91. The fraction of sp³-hybridized carbons (Fsp3) is 0.400. The molecule has 0 radical (unpaired) electrons. The summed E-state index contributed by atoms with van der Waals surface area (Å²) in [6, 6.07) is 0. The van der Waals surface area contributed by atoms with Crippen molar-refractivity contribution in [3.8, 4) is 0 Å². The quantitative estimate of drug-likeness (QED) is 0.151. The van der Waals surface area contributed by atoms with Gasteiger partial charge in [0, 0.05) is 7.05 Å². The minimum absolute atomic E-state index is 0.0881. The van der Waals surface area contributed by atoms with Gasteiger partial charge in [0.15, 0.2) is 0 Å². The second-order valence-corrected chi connectivity index (χ2v) is 4.22. The van der Waals surface area contributed by atoms with Gasteiger partial charge in [-0.1, -0.05) is 6.58 Å². The average Bonchev–Trinajstić information content (AvgIpc) is 2.33. The Morgan fingerprint density at radius 2 is 1.83 bits per heavy atom. The Balaban J connectivity index is 3.69. The molecule has 0 unspecified atom stereocenters. The molecule has 0 bridgehead atoms. The van der Waals surface area contributed by atoms with Gasteiger partial charge in [-0.3, -0.25) is 9.59 Å². The first-order chi connectivity index (χ1) is 8.51. The van der Waals surface area contributed by atoms with Crippen LogP contribution in [0.2, 0.25) is 0 Å². The number of carbonyl (C=O) groups excluding carboxylic acids is 3. The molecule has 0 heterocycles. The molecule has 0 aromatic heterocycles. The molecule has 18 heavy (non-hydrogen) atoms. The van der Waals surface area contributed by atoms with E-state index in [2.05, 4.69) is 24.7 Å². The summed E-state index contributed by atoms with van der Waals surface area (Å²) in [5, 5.41) is 2.52. The van der Waals surface area contributed by atoms with E-state index in [0.29, 0.717) is 0 Å². The van der Waals surface area contributed by atoms with Crippen LogP contribution < -0.4 is 8.85 Å². The maximum atomic E-state index is 11.1. The topological polar surface area (TPSA) is 93.7 Å². The van der Waals surface area contributed by atoms with E-state index < -0.39 is 38.9 Å². The zero-order valence-electron chi connectivity index (χ0n) is 9.95. The van der Waals surface area contributed by atoms with Crippen LogP contribution in [0.25, 0.3) is 0 Å². The number of rotatable bonds is 8. The van der Waals surface area contributed by atoms with Crippen molar-refractivity contribution in [2.45, 2.75) is 6.42 Å². The standard InChI is InChI=1S/C10H15IN2O5/c1-7(12-3)10(16)18-5-4-17-9(15)6-8(14)13-11-2/h12H,1-2,4-6H2,3H3,(H,13,14). The van der Waals surface area contributed by atoms with Crippen LogP contribution in [0.5, 0.6) is 0 Å². The summed E-state index contributed by atoms with van der Waals surface area (Å²) in [5.41, 5.74) is 0.111. The van der Waals surface area contributed by atoms with Gasteiger partial charge in [-0.05, 0) is 25.5 Å². The number of hydrogen-bond acceptors (Lipinski definition) is 6. The first kappa shape index (κ1) is 16.6. The number of ether oxygens (including phenoxy) is 2. The minimum Gasteiger partial charge on any atom is -0.462 e. The van der Waals surface area contributed by atoms with Crippen LogP contribution in [-0.2, 0) is 23.9 Å². The lowest BCUT2D eigenvalue weighted by molar-refractivity contribution is -0.151. The van der Waals surface area contributed by atoms with Gasteiger partial charge in [-0.25, -0.2) is 4.79 Å². The molecule has 0 aromatic rings. The van der Waals surface area contributed by atoms with Gasteiger partial charge < -0.3 is 18.3 Å². The first-order valence-corrected chi connectivity index (χ1v) is 7.47. The highest BCUT2D eigenvalue weighted by Crippen LogP contribution is 1.92. The predicted molar refractivity (Wildman–Crippen MR) is 74.0 cm³/mol. The third kappa shape index (κ3) is 7.76. The monoisotopic (exact) mass is 370 g/mol. The Bertz CT molecular complexity index is 356. The van der Waals surface area contributed by atoms with Crippen molar-refractivity contribution in [3.05, 3.63) is 12.3 Å². The van der Waals surface area contributed by atoms with Crippen LogP contribution in [0, 0.1) is 0 Å². The highest BCUT2D eigenvalue weighted by molar-refractivity contribution is 14.2. The van der Waals surface area contributed by atoms with Crippen molar-refractivity contribution >= 4 is 43.4 Å². The van der Waals surface area contributed by atoms with Crippen LogP contribution in [0.3, 0.4) is 0 Å². The fourth-order valence-corrected chi connectivity index (χ4v) is 1.39. The molecule has 0 aliphatic heterocycles. The molecule has 0 spiro atoms. The molecule has 0 atom stereocenters. The number of nitrogens with one attached hydrogen (secondary N) is 2. The number of halogens is 1. The number of likely N-dealkylation sites (N-methyl/N-ethyl adjacent to an activating group) is 1. The highest BCUT2D eigenvalue weighted by Gasteiger charge is 2.10. The van der Waals surface area contributed by atoms with E-state index in [-0.39, 0.29) is 25.3 Å². The normalized spacial score (nSPS) is 9.17. The number of amides is 1. The summed E-state index contributed by atoms with van der Waals surface area (Å²) < 4.78 is 15.4. The van der Waals surface area contributed by atoms with E-state index in [0.717, 1.165) is 0 Å². The van der Waals surface area contributed by atoms with Crippen molar-refractivity contribution in [1.82, 2.24) is 8.85 Å². The van der Waals surface area contributed by atoms with Crippen LogP contribution in [-0.4, -0.2) is 42.6 Å². The van der Waals surface area contributed by atoms with E-state index in [9.17, 15) is 14.4 Å². The molecule has 7 nitrogen and oxygen atoms in total. The Morgan fingerprint density at radius 3 is 2.39 bits per heavy atom. The van der Waals surface area contributed by atoms with Gasteiger partial charge in [0.2, 0.25) is 5.91 Å². The van der Waals surface area contributed by atoms with E-state index >= 15 is 0 Å². The maximum Gasteiger partial charge on any atom is 0.353 e. The first-order valence-electron chi connectivity index (χ1n) is 4.86. The van der Waals surface area contributed by atoms with Gasteiger partial charge >= 0.3 is 11.9 Å². The smallest absolute Gasteiger partial charge is 0.353 e. The van der Waals surface area contributed by atoms with Crippen LogP contribution in [0.15, 0.2) is 12.3 Å². The molecule has 0 saturated heterocycles. The largest absolute Gasteiger partial charge is 0.462 e. The molecule has 0 aliphatic rings. The van der Waals surface area contributed by atoms with Gasteiger partial charge in [-0.15, -0.1) is 0 Å². The van der Waals surface area contributed by atoms with Gasteiger partial charge in [0.05, 0.1) is 0 Å². The van der Waals surface area contributed by atoms with Gasteiger partial charge in [0.25, 0.3) is 0 Å². The molecule has 1 amide bonds. The number of hydrogen-bond donors (Lipinski definition) is 2. The third-order valence-electron chi connectivity index (χ3n) is 1.60. The molecule has 8 heteroatoms. The number of carbonyl (C=O) groups is 3. The van der Waals surface area contributed by atoms with Gasteiger partial charge in [0.1, 0.15) is 25.3 Å². The third-order valence-corrected chi connectivity index (χ3v) is 2.59. The summed E-state index contributed by atoms with van der Waals surface area (Å²) in [7, 11) is 1.54. The lowest BCUT2D eigenvalue weighted by atomic mass is 10.4. The molecule has 0 aliphatic carbocycles. The average molecular weight is 370 g/mol. The lowest BCUT2D eigenvalue weighted by Gasteiger charge is -2.07. The van der Waals surface area contributed by atoms with E-state index in [4.69, 9.17) is 4.74 Å². The molecular formula is C10H15IN2O5. The van der Waals surface area contributed by atoms with E-state index in [1.807, 2.05) is 0 Å². The van der Waals surface area contributed by atoms with Gasteiger partial charge in [-0.2, -0.15) is 0 Å². The number of esters is 2. The molecule has 0 saturated carbocycles. The van der Waals surface area contributed by atoms with Crippen molar-refractivity contribution in [3.63, 3.8) is 0 Å². The summed E-state index contributed by atoms with van der Waals surface area (Å²) in [4.78, 5) is 33.2. The predicted octanol–water partition coefficient (Wildman–Crippen LogP) is -0.370. The Hall–Kier alpha value is -1.45. The highest BCUT2D eigenvalue weighted by atomic mass is 127. The molecule has 0 aromatic carbocycles. The summed E-state index contributed by atoms with van der Waals surface area (Å²) in [5.74, 6) is -1.70. The zero-order valence-corrected chi connectivity index (χ0v) is 12.1. The van der Waals surface area contributed by atoms with Crippen LogP contribution >= 0.6 is 21.0 Å². The van der Waals surface area contributed by atoms with Crippen molar-refractivity contribution in [2.24, 2.45) is 0 Å². The van der Waals surface area contributed by atoms with Crippen LogP contribution in [0.4, 0.5) is 0 Å². The lowest BCUT2D eigenvalue weighted by Crippen LogP contribution is -2.22. The maximum absolute atomic E-state index is 11.1. The molecular weight excluding hydrogens is 355 g/mol. The second kappa shape index (κ2) is 9.57. The summed E-state index contributed by atoms with van der Waals surface area (Å²) >= 11 is -0.643. The minimum atomic E-state index is -0.673.